The highest BCUT2D eigenvalue weighted by atomic mass is 19.1. The van der Waals surface area contributed by atoms with E-state index in [0.29, 0.717) is 30.4 Å². The predicted octanol–water partition coefficient (Wildman–Crippen LogP) is 4.61. The quantitative estimate of drug-likeness (QED) is 0.314. The number of likely N-dealkylation sites (N-methyl/N-ethyl adjacent to an activating group) is 1. The lowest BCUT2D eigenvalue weighted by molar-refractivity contribution is 0.0106. The van der Waals surface area contributed by atoms with Gasteiger partial charge in [0, 0.05) is 81.5 Å². The Kier molecular flexibility index (Phi) is 8.52. The number of halogens is 1. The molecule has 47 heavy (non-hydrogen) atoms. The lowest BCUT2D eigenvalue weighted by atomic mass is 9.83. The third kappa shape index (κ3) is 6.26. The topological polar surface area (TPSA) is 108 Å². The number of aryl methyl sites for hydroxylation is 1. The molecule has 0 radical (unpaired) electrons. The third-order valence-corrected chi connectivity index (χ3v) is 10.8. The largest absolute Gasteiger partial charge is 0.390 e. The Morgan fingerprint density at radius 2 is 1.72 bits per heavy atom. The zero-order valence-corrected chi connectivity index (χ0v) is 27.9. The molecular formula is C35H46FN9O2. The van der Waals surface area contributed by atoms with E-state index in [1.165, 1.54) is 12.3 Å². The highest BCUT2D eigenvalue weighted by Gasteiger charge is 2.33. The first-order valence-electron chi connectivity index (χ1n) is 16.9. The number of nitrogens with zero attached hydrogens (tertiary/aromatic N) is 8. The van der Waals surface area contributed by atoms with Crippen LogP contribution in [0.3, 0.4) is 0 Å². The van der Waals surface area contributed by atoms with E-state index in [-0.39, 0.29) is 17.3 Å². The summed E-state index contributed by atoms with van der Waals surface area (Å²) in [5.41, 5.74) is 3.43. The van der Waals surface area contributed by atoms with Crippen LogP contribution in [0.2, 0.25) is 0 Å². The van der Waals surface area contributed by atoms with Crippen molar-refractivity contribution in [3.8, 4) is 11.3 Å². The molecule has 0 atom stereocenters. The number of nitrogens with one attached hydrogen (secondary N) is 1. The molecule has 3 aromatic heterocycles. The molecule has 1 amide bonds. The van der Waals surface area contributed by atoms with E-state index in [1.54, 1.807) is 17.9 Å². The molecule has 2 saturated heterocycles. The van der Waals surface area contributed by atoms with Gasteiger partial charge in [0.25, 0.3) is 5.91 Å². The fraction of sp³-hybridized carbons (Fsp3) is 0.543. The van der Waals surface area contributed by atoms with E-state index in [1.807, 2.05) is 19.9 Å². The zero-order valence-electron chi connectivity index (χ0n) is 27.9. The monoisotopic (exact) mass is 643 g/mol. The van der Waals surface area contributed by atoms with Gasteiger partial charge < -0.3 is 19.5 Å². The Balaban J connectivity index is 1.17. The average molecular weight is 644 g/mol. The molecule has 0 spiro atoms. The van der Waals surface area contributed by atoms with Crippen LogP contribution in [0.15, 0.2) is 36.7 Å². The Bertz CT molecular complexity index is 1760. The minimum absolute atomic E-state index is 0.0321. The molecule has 11 nitrogen and oxygen atoms in total. The number of carbonyl (C=O) groups is 1. The van der Waals surface area contributed by atoms with Crippen LogP contribution in [-0.4, -0.2) is 103 Å². The number of piperidine rings is 1. The van der Waals surface area contributed by atoms with Crippen LogP contribution in [0, 0.1) is 12.7 Å². The van der Waals surface area contributed by atoms with Crippen molar-refractivity contribution < 1.29 is 14.3 Å². The highest BCUT2D eigenvalue weighted by Crippen LogP contribution is 2.39. The summed E-state index contributed by atoms with van der Waals surface area (Å²) in [5.74, 6) is -0.893. The number of aliphatic hydroxyl groups is 1. The van der Waals surface area contributed by atoms with Crippen molar-refractivity contribution in [2.24, 2.45) is 7.05 Å². The van der Waals surface area contributed by atoms with Crippen molar-refractivity contribution in [3.63, 3.8) is 0 Å². The van der Waals surface area contributed by atoms with E-state index >= 15 is 4.39 Å². The molecular weight excluding hydrogens is 597 g/mol. The van der Waals surface area contributed by atoms with Gasteiger partial charge in [-0.15, -0.1) is 0 Å². The van der Waals surface area contributed by atoms with Gasteiger partial charge in [0.1, 0.15) is 5.69 Å². The smallest absolute Gasteiger partial charge is 0.261 e. The second-order valence-electron chi connectivity index (χ2n) is 14.0. The van der Waals surface area contributed by atoms with Crippen molar-refractivity contribution in [2.75, 3.05) is 56.5 Å². The number of imidazole rings is 1. The summed E-state index contributed by atoms with van der Waals surface area (Å²) in [6.45, 7) is 10.3. The summed E-state index contributed by atoms with van der Waals surface area (Å²) in [6.07, 6.45) is 8.08. The maximum Gasteiger partial charge on any atom is 0.261 e. The van der Waals surface area contributed by atoms with Crippen LogP contribution >= 0.6 is 0 Å². The number of pyridine rings is 1. The Hall–Kier alpha value is -3.87. The molecule has 5 heterocycles. The number of hydrogen-bond acceptors (Lipinski definition) is 8. The minimum Gasteiger partial charge on any atom is -0.390 e. The first kappa shape index (κ1) is 31.7. The van der Waals surface area contributed by atoms with Gasteiger partial charge in [-0.1, -0.05) is 0 Å². The van der Waals surface area contributed by atoms with Crippen molar-refractivity contribution >= 4 is 28.6 Å². The van der Waals surface area contributed by atoms with Gasteiger partial charge in [-0.05, 0) is 83.7 Å². The third-order valence-electron chi connectivity index (χ3n) is 10.8. The minimum atomic E-state index is -0.712. The molecule has 0 bridgehead atoms. The second-order valence-corrected chi connectivity index (χ2v) is 14.0. The molecule has 0 unspecified atom stereocenters. The van der Waals surface area contributed by atoms with Gasteiger partial charge in [0.15, 0.2) is 5.82 Å². The summed E-state index contributed by atoms with van der Waals surface area (Å²) in [5, 5.41) is 17.9. The van der Waals surface area contributed by atoms with E-state index in [0.717, 1.165) is 87.4 Å². The lowest BCUT2D eigenvalue weighted by Crippen LogP contribution is -2.52. The first-order chi connectivity index (χ1) is 22.6. The number of anilines is 2. The van der Waals surface area contributed by atoms with E-state index in [2.05, 4.69) is 53.8 Å². The van der Waals surface area contributed by atoms with Crippen LogP contribution in [0.4, 0.5) is 16.0 Å². The summed E-state index contributed by atoms with van der Waals surface area (Å²) >= 11 is 0. The van der Waals surface area contributed by atoms with Crippen LogP contribution in [0.1, 0.15) is 67.5 Å². The molecule has 12 heteroatoms. The Labute approximate surface area is 275 Å². The van der Waals surface area contributed by atoms with E-state index < -0.39 is 17.3 Å². The van der Waals surface area contributed by atoms with Crippen molar-refractivity contribution in [1.29, 1.82) is 0 Å². The average Bonchev–Trinajstić information content (AvgIpc) is 3.59. The number of hydrogen-bond donors (Lipinski definition) is 2. The number of aromatic nitrogens is 5. The summed E-state index contributed by atoms with van der Waals surface area (Å²) in [4.78, 5) is 30.3. The number of piperazine rings is 1. The van der Waals surface area contributed by atoms with Gasteiger partial charge in [0.05, 0.1) is 28.4 Å². The van der Waals surface area contributed by atoms with Crippen LogP contribution in [0.5, 0.6) is 0 Å². The molecule has 7 rings (SSSR count). The van der Waals surface area contributed by atoms with Crippen LogP contribution < -0.4 is 10.2 Å². The summed E-state index contributed by atoms with van der Waals surface area (Å²) in [7, 11) is 3.98. The van der Waals surface area contributed by atoms with Gasteiger partial charge in [-0.25, -0.2) is 9.37 Å². The normalized spacial score (nSPS) is 23.4. The molecule has 1 aliphatic carbocycles. The molecule has 2 N–H and O–H groups in total. The second kappa shape index (κ2) is 12.6. The SMILES string of the molecule is Cc1c(-c2nccc(C(=O)Nc3nc4ccc(N5CCC(N6CCN(C)CC6)CC5)cc4n3[C@H]3CC[C@@](C)(O)CC3)c2F)cnn1C. The van der Waals surface area contributed by atoms with E-state index in [4.69, 9.17) is 4.98 Å². The molecule has 250 valence electrons. The first-order valence-corrected chi connectivity index (χ1v) is 16.9. The highest BCUT2D eigenvalue weighted by molar-refractivity contribution is 6.05. The summed E-state index contributed by atoms with van der Waals surface area (Å²) < 4.78 is 19.6. The van der Waals surface area contributed by atoms with Gasteiger partial charge in [-0.3, -0.25) is 24.7 Å². The molecule has 1 aromatic carbocycles. The van der Waals surface area contributed by atoms with Crippen LogP contribution in [0.25, 0.3) is 22.3 Å². The maximum absolute atomic E-state index is 15.8. The fourth-order valence-corrected chi connectivity index (χ4v) is 7.60. The molecule has 2 aliphatic heterocycles. The summed E-state index contributed by atoms with van der Waals surface area (Å²) in [6, 6.07) is 8.40. The van der Waals surface area contributed by atoms with Gasteiger partial charge in [-0.2, -0.15) is 5.10 Å². The standard InChI is InChI=1S/C35H46FN9O2/c1-23-28(22-38-42(23)4)32-31(36)27(9-14-37-32)33(46)40-34-39-29-6-5-26(21-30(29)45(34)25-7-12-35(2,47)13-8-25)43-15-10-24(11-16-43)44-19-17-41(3)18-20-44/h5-6,9,14,21-22,24-25,47H,7-8,10-13,15-20H2,1-4H3,(H,39,40,46)/t25-,35+. The zero-order chi connectivity index (χ0) is 32.9. The van der Waals surface area contributed by atoms with Crippen molar-refractivity contribution in [2.45, 2.75) is 70.1 Å². The van der Waals surface area contributed by atoms with Crippen LogP contribution in [-0.2, 0) is 7.05 Å². The van der Waals surface area contributed by atoms with Gasteiger partial charge >= 0.3 is 0 Å². The molecule has 3 fully saturated rings. The molecule has 3 aliphatic rings. The number of rotatable bonds is 6. The Morgan fingerprint density at radius 3 is 2.40 bits per heavy atom. The number of fused-ring (bicyclic) bond motifs is 1. The molecule has 4 aromatic rings. The number of benzene rings is 1. The predicted molar refractivity (Wildman–Crippen MR) is 181 cm³/mol. The fourth-order valence-electron chi connectivity index (χ4n) is 7.60. The lowest BCUT2D eigenvalue weighted by Gasteiger charge is -2.42. The van der Waals surface area contributed by atoms with Gasteiger partial charge in [0.2, 0.25) is 5.95 Å². The van der Waals surface area contributed by atoms with Crippen molar-refractivity contribution in [1.82, 2.24) is 34.1 Å². The van der Waals surface area contributed by atoms with Crippen molar-refractivity contribution in [3.05, 3.63) is 53.7 Å². The Morgan fingerprint density at radius 1 is 1.00 bits per heavy atom. The van der Waals surface area contributed by atoms with E-state index in [9.17, 15) is 9.90 Å². The number of carbonyl (C=O) groups excluding carboxylic acids is 1. The maximum atomic E-state index is 15.8. The molecule has 1 saturated carbocycles. The number of amides is 1.